The highest BCUT2D eigenvalue weighted by molar-refractivity contribution is 5.32. The Morgan fingerprint density at radius 2 is 1.62 bits per heavy atom. The van der Waals surface area contributed by atoms with Gasteiger partial charge in [-0.3, -0.25) is 0 Å². The van der Waals surface area contributed by atoms with Gasteiger partial charge in [-0.05, 0) is 36.3 Å². The largest absolute Gasteiger partial charge is 0.0645 e. The third-order valence-corrected chi connectivity index (χ3v) is 3.36. The highest BCUT2D eigenvalue weighted by Gasteiger charge is 2.23. The van der Waals surface area contributed by atoms with Crippen molar-refractivity contribution in [3.63, 3.8) is 0 Å². The smallest absolute Gasteiger partial charge is 0.00779 e. The number of hydrogen-bond donors (Lipinski definition) is 0. The Balaban J connectivity index is 3.12. The van der Waals surface area contributed by atoms with Crippen molar-refractivity contribution in [1.82, 2.24) is 0 Å². The van der Waals surface area contributed by atoms with E-state index in [0.717, 1.165) is 0 Å². The fraction of sp³-hybridized carbons (Fsp3) is 0.538. The summed E-state index contributed by atoms with van der Waals surface area (Å²) >= 11 is 0. The van der Waals surface area contributed by atoms with E-state index < -0.39 is 0 Å². The van der Waals surface area contributed by atoms with Gasteiger partial charge in [0, 0.05) is 0 Å². The molecule has 0 N–H and O–H groups in total. The topological polar surface area (TPSA) is 0 Å². The second-order valence-electron chi connectivity index (χ2n) is 4.08. The lowest BCUT2D eigenvalue weighted by molar-refractivity contribution is 0.436. The minimum Gasteiger partial charge on any atom is -0.0645 e. The van der Waals surface area contributed by atoms with E-state index in [1.165, 1.54) is 24.0 Å². The standard InChI is InChI=1S/C13H20/c1-5-13(4,6-2)12-10-8-7-9-11(12)3/h7-10H,5-6H2,1-4H3. The summed E-state index contributed by atoms with van der Waals surface area (Å²) < 4.78 is 0. The summed E-state index contributed by atoms with van der Waals surface area (Å²) in [4.78, 5) is 0. The molecule has 0 heterocycles. The predicted octanol–water partition coefficient (Wildman–Crippen LogP) is 4.07. The van der Waals surface area contributed by atoms with Crippen LogP contribution in [0, 0.1) is 6.92 Å². The summed E-state index contributed by atoms with van der Waals surface area (Å²) in [5.41, 5.74) is 3.31. The molecule has 0 fully saturated rings. The van der Waals surface area contributed by atoms with Gasteiger partial charge in [0.1, 0.15) is 0 Å². The highest BCUT2D eigenvalue weighted by Crippen LogP contribution is 2.32. The van der Waals surface area contributed by atoms with Crippen LogP contribution in [-0.2, 0) is 5.41 Å². The number of benzene rings is 1. The van der Waals surface area contributed by atoms with Crippen LogP contribution in [0.1, 0.15) is 44.7 Å². The van der Waals surface area contributed by atoms with E-state index in [-0.39, 0.29) is 0 Å². The average molecular weight is 176 g/mol. The summed E-state index contributed by atoms with van der Waals surface area (Å²) in [5, 5.41) is 0. The zero-order valence-electron chi connectivity index (χ0n) is 9.22. The second-order valence-corrected chi connectivity index (χ2v) is 4.08. The van der Waals surface area contributed by atoms with E-state index >= 15 is 0 Å². The quantitative estimate of drug-likeness (QED) is 0.651. The van der Waals surface area contributed by atoms with Gasteiger partial charge in [-0.25, -0.2) is 0 Å². The summed E-state index contributed by atoms with van der Waals surface area (Å²) in [5.74, 6) is 0. The van der Waals surface area contributed by atoms with E-state index in [1.54, 1.807) is 0 Å². The lowest BCUT2D eigenvalue weighted by Gasteiger charge is -2.29. The van der Waals surface area contributed by atoms with E-state index in [0.29, 0.717) is 5.41 Å². The lowest BCUT2D eigenvalue weighted by atomic mass is 9.76. The van der Waals surface area contributed by atoms with Gasteiger partial charge in [-0.2, -0.15) is 0 Å². The Hall–Kier alpha value is -0.780. The third kappa shape index (κ3) is 1.93. The Bertz CT molecular complexity index is 269. The first-order valence-corrected chi connectivity index (χ1v) is 5.20. The molecule has 1 aromatic rings. The van der Waals surface area contributed by atoms with Crippen molar-refractivity contribution in [2.75, 3.05) is 0 Å². The second kappa shape index (κ2) is 3.95. The number of rotatable bonds is 3. The zero-order valence-corrected chi connectivity index (χ0v) is 9.22. The molecule has 0 saturated carbocycles. The van der Waals surface area contributed by atoms with Crippen molar-refractivity contribution in [2.45, 2.75) is 46.0 Å². The van der Waals surface area contributed by atoms with Crippen LogP contribution in [0.15, 0.2) is 24.3 Å². The van der Waals surface area contributed by atoms with Gasteiger partial charge >= 0.3 is 0 Å². The lowest BCUT2D eigenvalue weighted by Crippen LogP contribution is -2.20. The van der Waals surface area contributed by atoms with Crippen LogP contribution in [0.4, 0.5) is 0 Å². The SMILES string of the molecule is CCC(C)(CC)c1ccccc1C. The van der Waals surface area contributed by atoms with Crippen LogP contribution in [0.3, 0.4) is 0 Å². The van der Waals surface area contributed by atoms with Crippen molar-refractivity contribution in [3.05, 3.63) is 35.4 Å². The molecule has 0 bridgehead atoms. The number of aryl methyl sites for hydroxylation is 1. The van der Waals surface area contributed by atoms with Crippen LogP contribution in [-0.4, -0.2) is 0 Å². The van der Waals surface area contributed by atoms with Crippen LogP contribution in [0.2, 0.25) is 0 Å². The maximum Gasteiger partial charge on any atom is -0.00779 e. The third-order valence-electron chi connectivity index (χ3n) is 3.36. The Morgan fingerprint density at radius 1 is 1.08 bits per heavy atom. The van der Waals surface area contributed by atoms with Crippen molar-refractivity contribution < 1.29 is 0 Å². The summed E-state index contributed by atoms with van der Waals surface area (Å²) in [7, 11) is 0. The van der Waals surface area contributed by atoms with Gasteiger partial charge in [0.05, 0.1) is 0 Å². The maximum absolute atomic E-state index is 2.36. The molecule has 0 amide bonds. The zero-order chi connectivity index (χ0) is 9.90. The molecule has 0 saturated heterocycles. The molecule has 0 atom stereocenters. The molecule has 72 valence electrons. The first kappa shape index (κ1) is 10.3. The minimum atomic E-state index is 0.366. The molecule has 0 aliphatic heterocycles. The van der Waals surface area contributed by atoms with Crippen LogP contribution in [0.25, 0.3) is 0 Å². The first-order valence-electron chi connectivity index (χ1n) is 5.20. The summed E-state index contributed by atoms with van der Waals surface area (Å²) in [6.45, 7) is 9.11. The fourth-order valence-electron chi connectivity index (χ4n) is 1.88. The first-order chi connectivity index (χ1) is 6.14. The molecular weight excluding hydrogens is 156 g/mol. The highest BCUT2D eigenvalue weighted by atomic mass is 14.3. The molecule has 0 radical (unpaired) electrons. The fourth-order valence-corrected chi connectivity index (χ4v) is 1.88. The normalized spacial score (nSPS) is 11.7. The molecule has 0 nitrogen and oxygen atoms in total. The molecule has 0 aliphatic carbocycles. The number of hydrogen-bond acceptors (Lipinski definition) is 0. The average Bonchev–Trinajstić information content (AvgIpc) is 2.17. The predicted molar refractivity (Wildman–Crippen MR) is 59.1 cm³/mol. The van der Waals surface area contributed by atoms with Gasteiger partial charge in [0.15, 0.2) is 0 Å². The molecule has 0 aromatic heterocycles. The Morgan fingerprint density at radius 3 is 2.08 bits per heavy atom. The van der Waals surface area contributed by atoms with Crippen LogP contribution < -0.4 is 0 Å². The van der Waals surface area contributed by atoms with Gasteiger partial charge < -0.3 is 0 Å². The van der Waals surface area contributed by atoms with Gasteiger partial charge in [-0.15, -0.1) is 0 Å². The monoisotopic (exact) mass is 176 g/mol. The van der Waals surface area contributed by atoms with E-state index in [1.807, 2.05) is 0 Å². The van der Waals surface area contributed by atoms with E-state index in [2.05, 4.69) is 52.0 Å². The van der Waals surface area contributed by atoms with Crippen molar-refractivity contribution in [2.24, 2.45) is 0 Å². The molecule has 1 aromatic carbocycles. The summed E-state index contributed by atoms with van der Waals surface area (Å²) in [6, 6.07) is 8.73. The minimum absolute atomic E-state index is 0.366. The van der Waals surface area contributed by atoms with Gasteiger partial charge in [0.25, 0.3) is 0 Å². The van der Waals surface area contributed by atoms with Crippen LogP contribution >= 0.6 is 0 Å². The summed E-state index contributed by atoms with van der Waals surface area (Å²) in [6.07, 6.45) is 2.43. The molecule has 0 unspecified atom stereocenters. The van der Waals surface area contributed by atoms with Crippen molar-refractivity contribution in [1.29, 1.82) is 0 Å². The maximum atomic E-state index is 2.36. The molecule has 1 rings (SSSR count). The molecule has 0 heteroatoms. The van der Waals surface area contributed by atoms with Crippen molar-refractivity contribution in [3.8, 4) is 0 Å². The Labute approximate surface area is 82.0 Å². The Kier molecular flexibility index (Phi) is 3.13. The molecule has 13 heavy (non-hydrogen) atoms. The van der Waals surface area contributed by atoms with Crippen LogP contribution in [0.5, 0.6) is 0 Å². The van der Waals surface area contributed by atoms with Crippen molar-refractivity contribution >= 4 is 0 Å². The van der Waals surface area contributed by atoms with E-state index in [9.17, 15) is 0 Å². The van der Waals surface area contributed by atoms with Gasteiger partial charge in [0.2, 0.25) is 0 Å². The van der Waals surface area contributed by atoms with E-state index in [4.69, 9.17) is 0 Å². The van der Waals surface area contributed by atoms with Gasteiger partial charge in [-0.1, -0.05) is 45.0 Å². The molecule has 0 aliphatic rings. The molecular formula is C13H20. The molecule has 0 spiro atoms.